The topological polar surface area (TPSA) is 69.6 Å². The number of aryl methyl sites for hydroxylation is 1. The van der Waals surface area contributed by atoms with E-state index in [0.29, 0.717) is 16.1 Å². The Bertz CT molecular complexity index is 834. The Labute approximate surface area is 162 Å². The molecule has 0 aliphatic rings. The van der Waals surface area contributed by atoms with Gasteiger partial charge in [-0.15, -0.1) is 0 Å². The second kappa shape index (κ2) is 8.66. The van der Waals surface area contributed by atoms with Crippen LogP contribution < -0.4 is 34.7 Å². The third-order valence-electron chi connectivity index (χ3n) is 2.86. The minimum atomic E-state index is -3.99. The third-order valence-corrected chi connectivity index (χ3v) is 4.00. The van der Waals surface area contributed by atoms with E-state index in [0.717, 1.165) is 5.41 Å². The van der Waals surface area contributed by atoms with Gasteiger partial charge in [-0.05, 0) is 41.8 Å². The van der Waals surface area contributed by atoms with E-state index in [1.807, 2.05) is 6.07 Å². The molecule has 2 aromatic rings. The second-order valence-electron chi connectivity index (χ2n) is 4.58. The zero-order valence-corrected chi connectivity index (χ0v) is 16.3. The zero-order chi connectivity index (χ0) is 16.2. The van der Waals surface area contributed by atoms with Crippen LogP contribution in [0.2, 0.25) is 5.02 Å². The maximum Gasteiger partial charge on any atom is 1.00 e. The molecule has 2 rings (SSSR count). The molecule has 0 aromatic heterocycles. The number of hydrogen-bond donors (Lipinski definition) is 0. The summed E-state index contributed by atoms with van der Waals surface area (Å²) in [4.78, 5) is 0. The molecule has 4 nitrogen and oxygen atoms in total. The first-order valence-corrected chi connectivity index (χ1v) is 8.27. The first-order valence-electron chi connectivity index (χ1n) is 6.39. The van der Waals surface area contributed by atoms with Gasteiger partial charge < -0.3 is 5.11 Å². The van der Waals surface area contributed by atoms with Crippen molar-refractivity contribution in [2.45, 2.75) is 6.92 Å². The fraction of sp³-hybridized carbons (Fsp3) is 0.0625. The molecule has 0 unspecified atom stereocenters. The van der Waals surface area contributed by atoms with Crippen LogP contribution in [0.4, 0.5) is 0 Å². The van der Waals surface area contributed by atoms with Crippen LogP contribution in [0.15, 0.2) is 58.3 Å². The summed E-state index contributed by atoms with van der Waals surface area (Å²) in [5.41, 5.74) is 1.49. The summed E-state index contributed by atoms with van der Waals surface area (Å²) in [5, 5.41) is 13.4. The minimum absolute atomic E-state index is 0. The number of benzene rings is 2. The van der Waals surface area contributed by atoms with Gasteiger partial charge >= 0.3 is 29.6 Å². The second-order valence-corrected chi connectivity index (χ2v) is 6.51. The van der Waals surface area contributed by atoms with Crippen LogP contribution in [0.25, 0.3) is 6.08 Å². The smallest absolute Gasteiger partial charge is 0.858 e. The molecule has 0 amide bonds. The molecule has 0 heterocycles. The monoisotopic (exact) mass is 357 g/mol. The molecule has 0 saturated heterocycles. The van der Waals surface area contributed by atoms with Gasteiger partial charge in [0.2, 0.25) is 0 Å². The van der Waals surface area contributed by atoms with Gasteiger partial charge in [-0.2, -0.15) is 12.8 Å². The van der Waals surface area contributed by atoms with E-state index in [4.69, 9.17) is 11.6 Å². The summed E-state index contributed by atoms with van der Waals surface area (Å²) in [6, 6.07) is 13.4. The van der Waals surface area contributed by atoms with Crippen LogP contribution in [-0.2, 0) is 10.0 Å². The van der Waals surface area contributed by atoms with Crippen molar-refractivity contribution in [3.05, 3.63) is 75.7 Å². The Hall–Kier alpha value is -1.11. The van der Waals surface area contributed by atoms with Gasteiger partial charge in [0.05, 0.1) is 5.41 Å². The molecule has 0 fully saturated rings. The Balaban J connectivity index is 0.00000264. The molecular weight excluding hydrogens is 345 g/mol. The van der Waals surface area contributed by atoms with Crippen molar-refractivity contribution in [3.8, 4) is 0 Å². The van der Waals surface area contributed by atoms with Crippen molar-refractivity contribution < 1.29 is 43.1 Å². The van der Waals surface area contributed by atoms with E-state index >= 15 is 0 Å². The largest absolute Gasteiger partial charge is 1.00 e. The number of rotatable bonds is 4. The van der Waals surface area contributed by atoms with Gasteiger partial charge in [0.15, 0.2) is 0 Å². The maximum atomic E-state index is 12.0. The Morgan fingerprint density at radius 2 is 1.83 bits per heavy atom. The van der Waals surface area contributed by atoms with Gasteiger partial charge in [-0.3, -0.25) is 0 Å². The standard InChI is InChI=1S/C16H14ClNO3S.Na/c1-12-11-14(17)7-8-15(12)16(19)18-22(20,21)10-9-13-5-3-2-4-6-13;/h2-11H,1H3,(H,18,19);/q;+1/p-1/b10-9+;. The van der Waals surface area contributed by atoms with Crippen LogP contribution in [0.1, 0.15) is 16.7 Å². The molecule has 0 N–H and O–H groups in total. The third kappa shape index (κ3) is 6.12. The van der Waals surface area contributed by atoms with Gasteiger partial charge in [0, 0.05) is 10.9 Å². The summed E-state index contributed by atoms with van der Waals surface area (Å²) in [7, 11) is -3.99. The minimum Gasteiger partial charge on any atom is -0.858 e. The Kier molecular flexibility index (Phi) is 7.51. The van der Waals surface area contributed by atoms with Crippen molar-refractivity contribution in [2.75, 3.05) is 0 Å². The van der Waals surface area contributed by atoms with E-state index in [1.165, 1.54) is 18.2 Å². The van der Waals surface area contributed by atoms with Crippen molar-refractivity contribution in [3.63, 3.8) is 0 Å². The predicted molar refractivity (Wildman–Crippen MR) is 87.1 cm³/mol. The molecular formula is C16H13ClNNaO3S. The van der Waals surface area contributed by atoms with Crippen LogP contribution in [-0.4, -0.2) is 14.3 Å². The molecule has 0 aliphatic carbocycles. The number of halogens is 1. The van der Waals surface area contributed by atoms with Crippen LogP contribution in [0.5, 0.6) is 0 Å². The van der Waals surface area contributed by atoms with Crippen LogP contribution in [0, 0.1) is 6.92 Å². The first kappa shape index (κ1) is 19.9. The van der Waals surface area contributed by atoms with Crippen molar-refractivity contribution in [2.24, 2.45) is 4.40 Å². The SMILES string of the molecule is Cc1cc(Cl)ccc1/C([O-])=N/S(=O)(=O)/C=C/c1ccccc1.[Na+]. The van der Waals surface area contributed by atoms with Crippen molar-refractivity contribution in [1.82, 2.24) is 0 Å². The molecule has 114 valence electrons. The normalized spacial score (nSPS) is 12.2. The summed E-state index contributed by atoms with van der Waals surface area (Å²) < 4.78 is 27.0. The van der Waals surface area contributed by atoms with E-state index in [2.05, 4.69) is 4.40 Å². The average molecular weight is 358 g/mol. The van der Waals surface area contributed by atoms with Gasteiger partial charge in [0.1, 0.15) is 0 Å². The fourth-order valence-corrected chi connectivity index (χ4v) is 2.74. The van der Waals surface area contributed by atoms with E-state index in [9.17, 15) is 13.5 Å². The molecule has 0 atom stereocenters. The molecule has 0 saturated carbocycles. The van der Waals surface area contributed by atoms with Crippen molar-refractivity contribution in [1.29, 1.82) is 0 Å². The summed E-state index contributed by atoms with van der Waals surface area (Å²) in [6.45, 7) is 1.67. The molecule has 7 heteroatoms. The predicted octanol–water partition coefficient (Wildman–Crippen LogP) is -0.240. The molecule has 0 bridgehead atoms. The van der Waals surface area contributed by atoms with Gasteiger partial charge in [-0.25, -0.2) is 0 Å². The van der Waals surface area contributed by atoms with Crippen molar-refractivity contribution >= 4 is 33.6 Å². The molecule has 0 aliphatic heterocycles. The quantitative estimate of drug-likeness (QED) is 0.431. The summed E-state index contributed by atoms with van der Waals surface area (Å²) >= 11 is 5.80. The Morgan fingerprint density at radius 3 is 2.43 bits per heavy atom. The average Bonchev–Trinajstić information content (AvgIpc) is 2.45. The first-order chi connectivity index (χ1) is 10.4. The van der Waals surface area contributed by atoms with Gasteiger partial charge in [-0.1, -0.05) is 48.0 Å². The van der Waals surface area contributed by atoms with Crippen LogP contribution in [0.3, 0.4) is 0 Å². The molecule has 0 spiro atoms. The summed E-state index contributed by atoms with van der Waals surface area (Å²) in [5.74, 6) is -0.813. The number of sulfonamides is 1. The van der Waals surface area contributed by atoms with E-state index in [1.54, 1.807) is 37.3 Å². The molecule has 0 radical (unpaired) electrons. The number of nitrogens with zero attached hydrogens (tertiary/aromatic N) is 1. The van der Waals surface area contributed by atoms with E-state index < -0.39 is 15.9 Å². The molecule has 23 heavy (non-hydrogen) atoms. The summed E-state index contributed by atoms with van der Waals surface area (Å²) in [6.07, 6.45) is 1.39. The Morgan fingerprint density at radius 1 is 1.17 bits per heavy atom. The number of hydrogen-bond acceptors (Lipinski definition) is 3. The maximum absolute atomic E-state index is 12.0. The van der Waals surface area contributed by atoms with Crippen LogP contribution >= 0.6 is 11.6 Å². The zero-order valence-electron chi connectivity index (χ0n) is 12.7. The molecule has 2 aromatic carbocycles. The van der Waals surface area contributed by atoms with E-state index in [-0.39, 0.29) is 35.1 Å². The fourth-order valence-electron chi connectivity index (χ4n) is 1.79. The van der Waals surface area contributed by atoms with Gasteiger partial charge in [0.25, 0.3) is 10.0 Å².